The third-order valence-electron chi connectivity index (χ3n) is 5.32. The number of likely N-dealkylation sites (tertiary alicyclic amines) is 1. The number of halogens is 2. The van der Waals surface area contributed by atoms with Gasteiger partial charge in [0.15, 0.2) is 0 Å². The Labute approximate surface area is 179 Å². The van der Waals surface area contributed by atoms with Crippen molar-refractivity contribution in [3.8, 4) is 0 Å². The molecule has 7 nitrogen and oxygen atoms in total. The highest BCUT2D eigenvalue weighted by molar-refractivity contribution is 7.89. The number of carbonyl (C=O) groups excluding carboxylic acids is 2. The molecule has 0 spiro atoms. The van der Waals surface area contributed by atoms with Crippen LogP contribution >= 0.6 is 0 Å². The molecule has 1 saturated heterocycles. The minimum atomic E-state index is -3.80. The molecule has 0 radical (unpaired) electrons. The van der Waals surface area contributed by atoms with Gasteiger partial charge in [-0.1, -0.05) is 6.07 Å². The number of nitrogens with zero attached hydrogens (tertiary/aromatic N) is 1. The predicted octanol–water partition coefficient (Wildman–Crippen LogP) is 2.42. The molecule has 0 unspecified atom stereocenters. The third-order valence-corrected chi connectivity index (χ3v) is 6.25. The molecule has 166 valence electrons. The van der Waals surface area contributed by atoms with Gasteiger partial charge in [-0.15, -0.1) is 0 Å². The Hall–Kier alpha value is -2.85. The largest absolute Gasteiger partial charge is 0.343 e. The van der Waals surface area contributed by atoms with E-state index in [1.54, 1.807) is 4.90 Å². The summed E-state index contributed by atoms with van der Waals surface area (Å²) in [6, 6.07) is 9.14. The van der Waals surface area contributed by atoms with Crippen molar-refractivity contribution in [3.63, 3.8) is 0 Å². The van der Waals surface area contributed by atoms with E-state index in [9.17, 15) is 26.8 Å². The fourth-order valence-corrected chi connectivity index (χ4v) is 4.04. The molecular formula is C21H23F2N3O4S. The summed E-state index contributed by atoms with van der Waals surface area (Å²) < 4.78 is 50.0. The fraction of sp³-hybridized carbons (Fsp3) is 0.333. The zero-order valence-corrected chi connectivity index (χ0v) is 17.5. The van der Waals surface area contributed by atoms with E-state index in [0.29, 0.717) is 31.6 Å². The molecule has 1 aliphatic rings. The maximum absolute atomic E-state index is 13.7. The van der Waals surface area contributed by atoms with Crippen LogP contribution in [0.15, 0.2) is 47.4 Å². The second kappa shape index (κ2) is 9.52. The van der Waals surface area contributed by atoms with Crippen LogP contribution in [0, 0.1) is 17.6 Å². The van der Waals surface area contributed by atoms with Crippen LogP contribution < -0.4 is 10.5 Å². The summed E-state index contributed by atoms with van der Waals surface area (Å²) >= 11 is 0. The standard InChI is InChI=1S/C21H23F2N3O4S/c22-18-2-1-3-19(23)17(18)8-9-20(27)26-12-10-14(11-13-26)21(28)25-15-4-6-16(7-5-15)31(24,29)30/h1-7,14H,8-13H2,(H,25,28)(H2,24,29,30). The van der Waals surface area contributed by atoms with Crippen molar-refractivity contribution in [2.24, 2.45) is 11.1 Å². The van der Waals surface area contributed by atoms with Gasteiger partial charge in [-0.25, -0.2) is 22.3 Å². The van der Waals surface area contributed by atoms with E-state index in [-0.39, 0.29) is 41.0 Å². The number of nitrogens with two attached hydrogens (primary N) is 1. The Morgan fingerprint density at radius 2 is 1.61 bits per heavy atom. The highest BCUT2D eigenvalue weighted by Crippen LogP contribution is 2.22. The van der Waals surface area contributed by atoms with Gasteiger partial charge in [-0.05, 0) is 55.7 Å². The number of amides is 2. The van der Waals surface area contributed by atoms with Gasteiger partial charge >= 0.3 is 0 Å². The highest BCUT2D eigenvalue weighted by Gasteiger charge is 2.27. The zero-order chi connectivity index (χ0) is 22.6. The van der Waals surface area contributed by atoms with E-state index in [0.717, 1.165) is 12.1 Å². The molecule has 2 aromatic carbocycles. The van der Waals surface area contributed by atoms with Gasteiger partial charge in [-0.3, -0.25) is 9.59 Å². The first-order valence-corrected chi connectivity index (χ1v) is 11.3. The van der Waals surface area contributed by atoms with Crippen molar-refractivity contribution in [2.45, 2.75) is 30.6 Å². The van der Waals surface area contributed by atoms with Crippen molar-refractivity contribution >= 4 is 27.5 Å². The van der Waals surface area contributed by atoms with Crippen molar-refractivity contribution in [2.75, 3.05) is 18.4 Å². The summed E-state index contributed by atoms with van der Waals surface area (Å²) in [5, 5.41) is 7.78. The molecule has 1 aliphatic heterocycles. The molecule has 2 aromatic rings. The van der Waals surface area contributed by atoms with Crippen LogP contribution in [0.25, 0.3) is 0 Å². The number of anilines is 1. The lowest BCUT2D eigenvalue weighted by Crippen LogP contribution is -2.41. The van der Waals surface area contributed by atoms with Crippen LogP contribution in [0.3, 0.4) is 0 Å². The lowest BCUT2D eigenvalue weighted by molar-refractivity contribution is -0.134. The van der Waals surface area contributed by atoms with Crippen molar-refractivity contribution in [3.05, 3.63) is 59.7 Å². The maximum atomic E-state index is 13.7. The van der Waals surface area contributed by atoms with Crippen LogP contribution in [-0.4, -0.2) is 38.2 Å². The number of hydrogen-bond donors (Lipinski definition) is 2. The van der Waals surface area contributed by atoms with E-state index in [1.165, 1.54) is 30.3 Å². The smallest absolute Gasteiger partial charge is 0.238 e. The molecule has 3 N–H and O–H groups in total. The van der Waals surface area contributed by atoms with Crippen molar-refractivity contribution in [1.29, 1.82) is 0 Å². The predicted molar refractivity (Wildman–Crippen MR) is 110 cm³/mol. The minimum Gasteiger partial charge on any atom is -0.343 e. The van der Waals surface area contributed by atoms with Crippen LogP contribution in [0.4, 0.5) is 14.5 Å². The van der Waals surface area contributed by atoms with Gasteiger partial charge in [0.2, 0.25) is 21.8 Å². The SMILES string of the molecule is NS(=O)(=O)c1ccc(NC(=O)C2CCN(C(=O)CCc3c(F)cccc3F)CC2)cc1. The first-order valence-electron chi connectivity index (χ1n) is 9.79. The second-order valence-corrected chi connectivity index (χ2v) is 8.98. The summed E-state index contributed by atoms with van der Waals surface area (Å²) in [6.07, 6.45) is 0.888. The lowest BCUT2D eigenvalue weighted by atomic mass is 9.95. The first kappa shape index (κ1) is 22.8. The van der Waals surface area contributed by atoms with Gasteiger partial charge in [0.1, 0.15) is 11.6 Å². The van der Waals surface area contributed by atoms with Gasteiger partial charge in [-0.2, -0.15) is 0 Å². The van der Waals surface area contributed by atoms with E-state index >= 15 is 0 Å². The number of rotatable bonds is 6. The lowest BCUT2D eigenvalue weighted by Gasteiger charge is -2.31. The normalized spacial score (nSPS) is 15.0. The number of sulfonamides is 1. The highest BCUT2D eigenvalue weighted by atomic mass is 32.2. The Kier molecular flexibility index (Phi) is 7.01. The van der Waals surface area contributed by atoms with Gasteiger partial charge in [0, 0.05) is 36.7 Å². The number of carbonyl (C=O) groups is 2. The molecular weight excluding hydrogens is 428 g/mol. The third kappa shape index (κ3) is 5.86. The van der Waals surface area contributed by atoms with Crippen molar-refractivity contribution < 1.29 is 26.8 Å². The Morgan fingerprint density at radius 1 is 1.03 bits per heavy atom. The molecule has 0 saturated carbocycles. The molecule has 0 aromatic heterocycles. The van der Waals surface area contributed by atoms with E-state index in [2.05, 4.69) is 5.32 Å². The average molecular weight is 451 g/mol. The molecule has 3 rings (SSSR count). The zero-order valence-electron chi connectivity index (χ0n) is 16.7. The Balaban J connectivity index is 1.48. The Bertz CT molecular complexity index is 1050. The molecule has 0 bridgehead atoms. The Morgan fingerprint density at radius 3 is 2.16 bits per heavy atom. The molecule has 1 fully saturated rings. The van der Waals surface area contributed by atoms with E-state index < -0.39 is 21.7 Å². The van der Waals surface area contributed by atoms with Crippen LogP contribution in [0.5, 0.6) is 0 Å². The summed E-state index contributed by atoms with van der Waals surface area (Å²) in [7, 11) is -3.80. The molecule has 1 heterocycles. The molecule has 0 atom stereocenters. The van der Waals surface area contributed by atoms with Crippen LogP contribution in [0.2, 0.25) is 0 Å². The monoisotopic (exact) mass is 451 g/mol. The van der Waals surface area contributed by atoms with E-state index in [4.69, 9.17) is 5.14 Å². The number of benzene rings is 2. The first-order chi connectivity index (χ1) is 14.6. The second-order valence-electron chi connectivity index (χ2n) is 7.41. The summed E-state index contributed by atoms with van der Waals surface area (Å²) in [6.45, 7) is 0.752. The quantitative estimate of drug-likeness (QED) is 0.703. The topological polar surface area (TPSA) is 110 Å². The maximum Gasteiger partial charge on any atom is 0.238 e. The number of primary sulfonamides is 1. The minimum absolute atomic E-state index is 0.00881. The summed E-state index contributed by atoms with van der Waals surface area (Å²) in [5.41, 5.74) is 0.349. The molecule has 31 heavy (non-hydrogen) atoms. The van der Waals surface area contributed by atoms with Crippen molar-refractivity contribution in [1.82, 2.24) is 4.90 Å². The van der Waals surface area contributed by atoms with E-state index in [1.807, 2.05) is 0 Å². The van der Waals surface area contributed by atoms with Crippen LogP contribution in [0.1, 0.15) is 24.8 Å². The molecule has 10 heteroatoms. The fourth-order valence-electron chi connectivity index (χ4n) is 3.52. The summed E-state index contributed by atoms with van der Waals surface area (Å²) in [4.78, 5) is 26.4. The molecule has 0 aliphatic carbocycles. The number of hydrogen-bond acceptors (Lipinski definition) is 4. The number of nitrogens with one attached hydrogen (secondary N) is 1. The molecule has 2 amide bonds. The van der Waals surface area contributed by atoms with Gasteiger partial charge < -0.3 is 10.2 Å². The van der Waals surface area contributed by atoms with Gasteiger partial charge in [0.25, 0.3) is 0 Å². The van der Waals surface area contributed by atoms with Gasteiger partial charge in [0.05, 0.1) is 4.90 Å². The average Bonchev–Trinajstić information content (AvgIpc) is 2.73. The summed E-state index contributed by atoms with van der Waals surface area (Å²) in [5.74, 6) is -2.06. The number of piperidine rings is 1. The van der Waals surface area contributed by atoms with Crippen LogP contribution in [-0.2, 0) is 26.0 Å².